The Morgan fingerprint density at radius 1 is 1.38 bits per heavy atom. The molecule has 0 radical (unpaired) electrons. The minimum Gasteiger partial charge on any atom is -0.308 e. The molecule has 0 aromatic carbocycles. The second kappa shape index (κ2) is 5.69. The molecule has 1 aromatic rings. The van der Waals surface area contributed by atoms with Gasteiger partial charge in [0.25, 0.3) is 0 Å². The summed E-state index contributed by atoms with van der Waals surface area (Å²) in [6.07, 6.45) is 1.98. The van der Waals surface area contributed by atoms with Crippen molar-refractivity contribution < 1.29 is 0 Å². The van der Waals surface area contributed by atoms with Gasteiger partial charge in [0.2, 0.25) is 0 Å². The van der Waals surface area contributed by atoms with Crippen LogP contribution in [0.4, 0.5) is 0 Å². The van der Waals surface area contributed by atoms with Crippen LogP contribution in [0.1, 0.15) is 38.8 Å². The Hall–Kier alpha value is -0.540. The molecule has 0 saturated heterocycles. The first-order valence-electron chi connectivity index (χ1n) is 5.75. The van der Waals surface area contributed by atoms with Gasteiger partial charge in [0, 0.05) is 18.3 Å². The van der Waals surface area contributed by atoms with Gasteiger partial charge in [0.05, 0.1) is 5.03 Å². The molecule has 0 aliphatic rings. The number of thioether (sulfide) groups is 1. The first kappa shape index (κ1) is 13.5. The van der Waals surface area contributed by atoms with Gasteiger partial charge in [-0.1, -0.05) is 13.0 Å². The van der Waals surface area contributed by atoms with Crippen LogP contribution in [0, 0.1) is 6.92 Å². The van der Waals surface area contributed by atoms with Gasteiger partial charge in [-0.25, -0.2) is 4.98 Å². The van der Waals surface area contributed by atoms with Crippen molar-refractivity contribution in [3.8, 4) is 0 Å². The molecule has 0 aliphatic carbocycles. The molecule has 1 heterocycles. The van der Waals surface area contributed by atoms with Gasteiger partial charge in [-0.05, 0) is 44.6 Å². The lowest BCUT2D eigenvalue weighted by molar-refractivity contribution is 0.424. The summed E-state index contributed by atoms with van der Waals surface area (Å²) in [5.41, 5.74) is 2.69. The summed E-state index contributed by atoms with van der Waals surface area (Å²) in [5.74, 6) is 1.08. The monoisotopic (exact) mass is 238 g/mol. The maximum atomic E-state index is 4.49. The lowest BCUT2D eigenvalue weighted by atomic mass is 10.1. The molecule has 0 bridgehead atoms. The van der Waals surface area contributed by atoms with Crippen LogP contribution in [0.2, 0.25) is 0 Å². The Bertz CT molecular complexity index is 342. The third-order valence-corrected chi connectivity index (χ3v) is 3.18. The van der Waals surface area contributed by atoms with Crippen LogP contribution in [0.15, 0.2) is 17.3 Å². The van der Waals surface area contributed by atoms with Crippen molar-refractivity contribution in [2.24, 2.45) is 0 Å². The van der Waals surface area contributed by atoms with Gasteiger partial charge >= 0.3 is 0 Å². The third kappa shape index (κ3) is 4.54. The van der Waals surface area contributed by atoms with Crippen LogP contribution in [0.5, 0.6) is 0 Å². The van der Waals surface area contributed by atoms with E-state index in [1.807, 2.05) is 6.20 Å². The number of aryl methyl sites for hydroxylation is 1. The normalized spacial score (nSPS) is 11.8. The van der Waals surface area contributed by atoms with Crippen molar-refractivity contribution in [3.63, 3.8) is 0 Å². The molecular formula is C13H22N2S. The summed E-state index contributed by atoms with van der Waals surface area (Å²) in [7, 11) is 0. The summed E-state index contributed by atoms with van der Waals surface area (Å²) in [6.45, 7) is 11.7. The fourth-order valence-electron chi connectivity index (χ4n) is 1.37. The minimum atomic E-state index is 0.157. The summed E-state index contributed by atoms with van der Waals surface area (Å²) < 4.78 is 0. The first-order valence-corrected chi connectivity index (χ1v) is 6.74. The van der Waals surface area contributed by atoms with Gasteiger partial charge < -0.3 is 5.32 Å². The van der Waals surface area contributed by atoms with Crippen molar-refractivity contribution in [1.29, 1.82) is 0 Å². The Kier molecular flexibility index (Phi) is 4.81. The maximum Gasteiger partial charge on any atom is 0.0989 e. The number of aromatic nitrogens is 1. The summed E-state index contributed by atoms with van der Waals surface area (Å²) in [4.78, 5) is 4.49. The van der Waals surface area contributed by atoms with Crippen LogP contribution in [0.25, 0.3) is 0 Å². The third-order valence-electron chi connectivity index (χ3n) is 2.19. The molecule has 1 N–H and O–H groups in total. The highest BCUT2D eigenvalue weighted by Crippen LogP contribution is 2.20. The van der Waals surface area contributed by atoms with E-state index in [4.69, 9.17) is 0 Å². The van der Waals surface area contributed by atoms with Crippen molar-refractivity contribution in [2.75, 3.05) is 5.75 Å². The standard InChI is InChI=1S/C13H22N2S/c1-6-16-12-10(2)7-11(8-14-12)9-15-13(3,4)5/h7-8,15H,6,9H2,1-5H3. The van der Waals surface area contributed by atoms with E-state index in [2.05, 4.69) is 51.0 Å². The largest absolute Gasteiger partial charge is 0.308 e. The Morgan fingerprint density at radius 3 is 2.56 bits per heavy atom. The van der Waals surface area contributed by atoms with Crippen LogP contribution in [-0.4, -0.2) is 16.3 Å². The van der Waals surface area contributed by atoms with E-state index in [-0.39, 0.29) is 5.54 Å². The molecule has 0 saturated carbocycles. The van der Waals surface area contributed by atoms with E-state index in [0.717, 1.165) is 17.3 Å². The minimum absolute atomic E-state index is 0.157. The lowest BCUT2D eigenvalue weighted by Gasteiger charge is -2.20. The Morgan fingerprint density at radius 2 is 2.06 bits per heavy atom. The molecule has 2 nitrogen and oxygen atoms in total. The number of nitrogens with zero attached hydrogens (tertiary/aromatic N) is 1. The van der Waals surface area contributed by atoms with Gasteiger partial charge in [0.15, 0.2) is 0 Å². The zero-order chi connectivity index (χ0) is 12.2. The van der Waals surface area contributed by atoms with E-state index >= 15 is 0 Å². The van der Waals surface area contributed by atoms with Crippen molar-refractivity contribution in [2.45, 2.75) is 51.7 Å². The van der Waals surface area contributed by atoms with Crippen LogP contribution in [-0.2, 0) is 6.54 Å². The van der Waals surface area contributed by atoms with E-state index < -0.39 is 0 Å². The van der Waals surface area contributed by atoms with E-state index in [1.54, 1.807) is 11.8 Å². The summed E-state index contributed by atoms with van der Waals surface area (Å²) in [5, 5.41) is 4.62. The second-order valence-corrected chi connectivity index (χ2v) is 6.25. The predicted octanol–water partition coefficient (Wildman–Crippen LogP) is 3.39. The fraction of sp³-hybridized carbons (Fsp3) is 0.615. The smallest absolute Gasteiger partial charge is 0.0989 e. The number of nitrogens with one attached hydrogen (secondary N) is 1. The molecular weight excluding hydrogens is 216 g/mol. The van der Waals surface area contributed by atoms with Crippen LogP contribution >= 0.6 is 11.8 Å². The molecule has 1 aromatic heterocycles. The summed E-state index contributed by atoms with van der Waals surface area (Å²) in [6, 6.07) is 2.23. The molecule has 0 amide bonds. The molecule has 0 fully saturated rings. The Labute approximate surface area is 103 Å². The lowest BCUT2D eigenvalue weighted by Crippen LogP contribution is -2.35. The molecule has 0 atom stereocenters. The van der Waals surface area contributed by atoms with E-state index in [9.17, 15) is 0 Å². The number of pyridine rings is 1. The van der Waals surface area contributed by atoms with Crippen LogP contribution in [0.3, 0.4) is 0 Å². The zero-order valence-corrected chi connectivity index (χ0v) is 11.7. The molecule has 16 heavy (non-hydrogen) atoms. The quantitative estimate of drug-likeness (QED) is 0.814. The summed E-state index contributed by atoms with van der Waals surface area (Å²) >= 11 is 1.80. The number of hydrogen-bond donors (Lipinski definition) is 1. The molecule has 0 aliphatic heterocycles. The molecule has 0 unspecified atom stereocenters. The highest BCUT2D eigenvalue weighted by atomic mass is 32.2. The highest BCUT2D eigenvalue weighted by Gasteiger charge is 2.09. The van der Waals surface area contributed by atoms with Crippen LogP contribution < -0.4 is 5.32 Å². The molecule has 0 spiro atoms. The highest BCUT2D eigenvalue weighted by molar-refractivity contribution is 7.99. The predicted molar refractivity (Wildman–Crippen MR) is 72.0 cm³/mol. The zero-order valence-electron chi connectivity index (χ0n) is 10.9. The van der Waals surface area contributed by atoms with Gasteiger partial charge in [-0.3, -0.25) is 0 Å². The topological polar surface area (TPSA) is 24.9 Å². The first-order chi connectivity index (χ1) is 7.42. The van der Waals surface area contributed by atoms with Crippen molar-refractivity contribution >= 4 is 11.8 Å². The van der Waals surface area contributed by atoms with Crippen molar-refractivity contribution in [3.05, 3.63) is 23.4 Å². The second-order valence-electron chi connectivity index (χ2n) is 5.00. The fourth-order valence-corrected chi connectivity index (χ4v) is 2.06. The van der Waals surface area contributed by atoms with Gasteiger partial charge in [0.1, 0.15) is 0 Å². The average molecular weight is 238 g/mol. The van der Waals surface area contributed by atoms with Gasteiger partial charge in [-0.2, -0.15) is 0 Å². The number of rotatable bonds is 4. The van der Waals surface area contributed by atoms with Gasteiger partial charge in [-0.15, -0.1) is 11.8 Å². The van der Waals surface area contributed by atoms with Crippen molar-refractivity contribution in [1.82, 2.24) is 10.3 Å². The SMILES string of the molecule is CCSc1ncc(CNC(C)(C)C)cc1C. The van der Waals surface area contributed by atoms with E-state index in [0.29, 0.717) is 0 Å². The van der Waals surface area contributed by atoms with E-state index in [1.165, 1.54) is 11.1 Å². The molecule has 1 rings (SSSR count). The molecule has 3 heteroatoms. The maximum absolute atomic E-state index is 4.49. The number of hydrogen-bond acceptors (Lipinski definition) is 3. The molecule has 90 valence electrons. The Balaban J connectivity index is 2.66. The average Bonchev–Trinajstić information content (AvgIpc) is 2.18.